The van der Waals surface area contributed by atoms with Crippen molar-refractivity contribution >= 4 is 29.1 Å². The first-order valence-electron chi connectivity index (χ1n) is 8.56. The maximum atomic E-state index is 13.2. The van der Waals surface area contributed by atoms with E-state index in [9.17, 15) is 4.79 Å². The molecule has 0 N–H and O–H groups in total. The summed E-state index contributed by atoms with van der Waals surface area (Å²) in [6.45, 7) is 0. The molecule has 3 nitrogen and oxygen atoms in total. The van der Waals surface area contributed by atoms with Crippen LogP contribution in [0.3, 0.4) is 0 Å². The third-order valence-electron chi connectivity index (χ3n) is 4.66. The van der Waals surface area contributed by atoms with Gasteiger partial charge in [-0.2, -0.15) is 0 Å². The number of hydrogen-bond donors (Lipinski definition) is 0. The molecule has 2 aromatic carbocycles. The van der Waals surface area contributed by atoms with Crippen molar-refractivity contribution in [2.45, 2.75) is 30.1 Å². The average Bonchev–Trinajstić information content (AvgIpc) is 3.39. The van der Waals surface area contributed by atoms with Gasteiger partial charge in [0.1, 0.15) is 0 Å². The molecule has 0 unspecified atom stereocenters. The summed E-state index contributed by atoms with van der Waals surface area (Å²) in [4.78, 5) is 14.3. The third kappa shape index (κ3) is 3.57. The molecule has 0 spiro atoms. The van der Waals surface area contributed by atoms with Crippen molar-refractivity contribution in [3.8, 4) is 0 Å². The van der Waals surface area contributed by atoms with E-state index in [2.05, 4.69) is 11.2 Å². The van der Waals surface area contributed by atoms with Gasteiger partial charge in [-0.05, 0) is 67.0 Å². The van der Waals surface area contributed by atoms with Crippen LogP contribution in [0.2, 0.25) is 5.02 Å². The standard InChI is InChI=1S/C21H18ClNO2S/c1-26-17-8-9-18(15(11-17)10-13-2-6-16(22)7-3-13)20(24)19-12-23-25-21(19)14-4-5-14/h2-3,6-9,11-12,14H,4-5,10H2,1H3. The summed E-state index contributed by atoms with van der Waals surface area (Å²) < 4.78 is 5.36. The molecule has 0 bridgehead atoms. The van der Waals surface area contributed by atoms with E-state index in [4.69, 9.17) is 16.1 Å². The minimum Gasteiger partial charge on any atom is -0.360 e. The minimum absolute atomic E-state index is 0.00948. The van der Waals surface area contributed by atoms with Crippen LogP contribution in [0.5, 0.6) is 0 Å². The molecule has 0 saturated heterocycles. The largest absolute Gasteiger partial charge is 0.360 e. The molecule has 1 aliphatic rings. The molecule has 1 fully saturated rings. The summed E-state index contributed by atoms with van der Waals surface area (Å²) in [5.74, 6) is 1.08. The van der Waals surface area contributed by atoms with Crippen molar-refractivity contribution in [3.63, 3.8) is 0 Å². The predicted octanol–water partition coefficient (Wildman–Crippen LogP) is 5.75. The predicted molar refractivity (Wildman–Crippen MR) is 104 cm³/mol. The lowest BCUT2D eigenvalue weighted by atomic mass is 9.94. The average molecular weight is 384 g/mol. The maximum absolute atomic E-state index is 13.2. The topological polar surface area (TPSA) is 43.1 Å². The SMILES string of the molecule is CSc1ccc(C(=O)c2cnoc2C2CC2)c(Cc2ccc(Cl)cc2)c1. The lowest BCUT2D eigenvalue weighted by molar-refractivity contribution is 0.103. The van der Waals surface area contributed by atoms with Crippen LogP contribution in [0.1, 0.15) is 51.6 Å². The Hall–Kier alpha value is -2.04. The first kappa shape index (κ1) is 17.4. The Bertz CT molecular complexity index is 945. The number of halogens is 1. The summed E-state index contributed by atoms with van der Waals surface area (Å²) in [5.41, 5.74) is 3.44. The zero-order valence-corrected chi connectivity index (χ0v) is 15.9. The summed E-state index contributed by atoms with van der Waals surface area (Å²) in [7, 11) is 0. The molecule has 4 rings (SSSR count). The van der Waals surface area contributed by atoms with Crippen molar-refractivity contribution in [3.05, 3.63) is 81.7 Å². The molecular formula is C21H18ClNO2S. The smallest absolute Gasteiger partial charge is 0.198 e. The number of carbonyl (C=O) groups excluding carboxylic acids is 1. The van der Waals surface area contributed by atoms with Gasteiger partial charge in [-0.3, -0.25) is 4.79 Å². The van der Waals surface area contributed by atoms with E-state index in [-0.39, 0.29) is 5.78 Å². The van der Waals surface area contributed by atoms with E-state index >= 15 is 0 Å². The van der Waals surface area contributed by atoms with Crippen LogP contribution in [-0.4, -0.2) is 17.2 Å². The van der Waals surface area contributed by atoms with Gasteiger partial charge in [-0.1, -0.05) is 28.9 Å². The highest BCUT2D eigenvalue weighted by Crippen LogP contribution is 2.42. The summed E-state index contributed by atoms with van der Waals surface area (Å²) in [5, 5.41) is 4.58. The highest BCUT2D eigenvalue weighted by Gasteiger charge is 2.33. The molecule has 1 aliphatic carbocycles. The van der Waals surface area contributed by atoms with Gasteiger partial charge in [0.2, 0.25) is 0 Å². The van der Waals surface area contributed by atoms with Crippen molar-refractivity contribution in [1.29, 1.82) is 0 Å². The van der Waals surface area contributed by atoms with Crippen LogP contribution in [0.4, 0.5) is 0 Å². The fraction of sp³-hybridized carbons (Fsp3) is 0.238. The molecule has 0 aliphatic heterocycles. The van der Waals surface area contributed by atoms with Gasteiger partial charge in [0, 0.05) is 21.4 Å². The van der Waals surface area contributed by atoms with Gasteiger partial charge in [-0.15, -0.1) is 11.8 Å². The van der Waals surface area contributed by atoms with Crippen LogP contribution in [0, 0.1) is 0 Å². The number of nitrogens with zero attached hydrogens (tertiary/aromatic N) is 1. The molecule has 1 aromatic heterocycles. The zero-order chi connectivity index (χ0) is 18.1. The van der Waals surface area contributed by atoms with Crippen LogP contribution >= 0.6 is 23.4 Å². The van der Waals surface area contributed by atoms with Crippen LogP contribution in [-0.2, 0) is 6.42 Å². The number of ketones is 1. The lowest BCUT2D eigenvalue weighted by Crippen LogP contribution is -2.07. The Labute approximate surface area is 161 Å². The normalized spacial score (nSPS) is 13.8. The van der Waals surface area contributed by atoms with Gasteiger partial charge in [-0.25, -0.2) is 0 Å². The lowest BCUT2D eigenvalue weighted by Gasteiger charge is -2.11. The van der Waals surface area contributed by atoms with Gasteiger partial charge in [0.25, 0.3) is 0 Å². The number of carbonyl (C=O) groups is 1. The van der Waals surface area contributed by atoms with Crippen molar-refractivity contribution in [2.24, 2.45) is 0 Å². The van der Waals surface area contributed by atoms with Crippen LogP contribution in [0.15, 0.2) is 58.1 Å². The molecule has 26 heavy (non-hydrogen) atoms. The highest BCUT2D eigenvalue weighted by atomic mass is 35.5. The minimum atomic E-state index is -0.00948. The number of thioether (sulfide) groups is 1. The second-order valence-electron chi connectivity index (χ2n) is 6.53. The van der Waals surface area contributed by atoms with E-state index < -0.39 is 0 Å². The molecule has 3 aromatic rings. The Morgan fingerprint density at radius 1 is 1.19 bits per heavy atom. The molecule has 5 heteroatoms. The van der Waals surface area contributed by atoms with Gasteiger partial charge in [0.15, 0.2) is 11.5 Å². The zero-order valence-electron chi connectivity index (χ0n) is 14.4. The van der Waals surface area contributed by atoms with Crippen molar-refractivity contribution in [2.75, 3.05) is 6.26 Å². The van der Waals surface area contributed by atoms with E-state index in [0.29, 0.717) is 28.5 Å². The van der Waals surface area contributed by atoms with E-state index in [1.807, 2.05) is 42.7 Å². The highest BCUT2D eigenvalue weighted by molar-refractivity contribution is 7.98. The third-order valence-corrected chi connectivity index (χ3v) is 5.63. The fourth-order valence-corrected chi connectivity index (χ4v) is 3.68. The van der Waals surface area contributed by atoms with Crippen LogP contribution in [0.25, 0.3) is 0 Å². The van der Waals surface area contributed by atoms with Crippen LogP contribution < -0.4 is 0 Å². The fourth-order valence-electron chi connectivity index (χ4n) is 3.09. The first-order valence-corrected chi connectivity index (χ1v) is 10.2. The Morgan fingerprint density at radius 3 is 2.65 bits per heavy atom. The van der Waals surface area contributed by atoms with Gasteiger partial charge >= 0.3 is 0 Å². The van der Waals surface area contributed by atoms with Crippen molar-refractivity contribution < 1.29 is 9.32 Å². The molecule has 132 valence electrons. The maximum Gasteiger partial charge on any atom is 0.198 e. The summed E-state index contributed by atoms with van der Waals surface area (Å²) in [6, 6.07) is 13.8. The molecular weight excluding hydrogens is 366 g/mol. The van der Waals surface area contributed by atoms with E-state index in [1.165, 1.54) is 0 Å². The van der Waals surface area contributed by atoms with Crippen molar-refractivity contribution in [1.82, 2.24) is 5.16 Å². The monoisotopic (exact) mass is 383 g/mol. The Morgan fingerprint density at radius 2 is 1.96 bits per heavy atom. The Balaban J connectivity index is 1.71. The van der Waals surface area contributed by atoms with Gasteiger partial charge < -0.3 is 4.52 Å². The van der Waals surface area contributed by atoms with E-state index in [1.54, 1.807) is 18.0 Å². The Kier molecular flexibility index (Phi) is 4.88. The first-order chi connectivity index (χ1) is 12.7. The molecule has 0 radical (unpaired) electrons. The quantitative estimate of drug-likeness (QED) is 0.401. The molecule has 1 heterocycles. The molecule has 1 saturated carbocycles. The second kappa shape index (κ2) is 7.29. The number of benzene rings is 2. The molecule has 0 atom stereocenters. The number of aromatic nitrogens is 1. The summed E-state index contributed by atoms with van der Waals surface area (Å²) >= 11 is 7.66. The number of hydrogen-bond acceptors (Lipinski definition) is 4. The van der Waals surface area contributed by atoms with E-state index in [0.717, 1.165) is 34.6 Å². The number of rotatable bonds is 6. The van der Waals surface area contributed by atoms with Gasteiger partial charge in [0.05, 0.1) is 11.8 Å². The summed E-state index contributed by atoms with van der Waals surface area (Å²) in [6.07, 6.45) is 6.41. The second-order valence-corrected chi connectivity index (χ2v) is 7.85. The molecule has 0 amide bonds.